The molecule has 0 aromatic rings. The largest absolute Gasteiger partial charge is 0.472 e. The van der Waals surface area contributed by atoms with Crippen LogP contribution in [0.15, 0.2) is 60.8 Å². The van der Waals surface area contributed by atoms with Crippen molar-refractivity contribution in [2.45, 2.75) is 161 Å². The minimum absolute atomic E-state index is 0.0443. The first-order valence-corrected chi connectivity index (χ1v) is 21.3. The van der Waals surface area contributed by atoms with E-state index < -0.39 is 32.5 Å². The molecule has 0 aromatic carbocycles. The molecule has 0 aliphatic heterocycles. The number of esters is 2. The van der Waals surface area contributed by atoms with Gasteiger partial charge in [0, 0.05) is 19.4 Å². The molecule has 0 heterocycles. The van der Waals surface area contributed by atoms with Gasteiger partial charge in [-0.25, -0.2) is 4.57 Å². The van der Waals surface area contributed by atoms with Gasteiger partial charge >= 0.3 is 19.8 Å². The number of ether oxygens (including phenoxy) is 2. The number of nitrogens with two attached hydrogens (primary N) is 1. The molecule has 1 unspecified atom stereocenters. The molecule has 2 atom stereocenters. The van der Waals surface area contributed by atoms with Gasteiger partial charge in [0.15, 0.2) is 6.10 Å². The van der Waals surface area contributed by atoms with Crippen LogP contribution in [0.25, 0.3) is 0 Å². The summed E-state index contributed by atoms with van der Waals surface area (Å²) < 4.78 is 32.6. The number of hydrogen-bond acceptors (Lipinski definition) is 8. The Morgan fingerprint density at radius 2 is 1.08 bits per heavy atom. The van der Waals surface area contributed by atoms with E-state index >= 15 is 0 Å². The number of hydrogen-bond donors (Lipinski definition) is 2. The average molecular weight is 738 g/mol. The van der Waals surface area contributed by atoms with Crippen LogP contribution in [0, 0.1) is 0 Å². The van der Waals surface area contributed by atoms with E-state index in [1.54, 1.807) is 0 Å². The van der Waals surface area contributed by atoms with Crippen molar-refractivity contribution in [3.63, 3.8) is 0 Å². The minimum Gasteiger partial charge on any atom is -0.462 e. The monoisotopic (exact) mass is 737 g/mol. The molecule has 0 rings (SSSR count). The molecule has 0 spiro atoms. The summed E-state index contributed by atoms with van der Waals surface area (Å²) in [6, 6.07) is 0. The summed E-state index contributed by atoms with van der Waals surface area (Å²) in [6.07, 6.45) is 42.6. The third-order valence-corrected chi connectivity index (χ3v) is 8.90. The van der Waals surface area contributed by atoms with Crippen molar-refractivity contribution in [2.24, 2.45) is 5.73 Å². The highest BCUT2D eigenvalue weighted by molar-refractivity contribution is 7.47. The van der Waals surface area contributed by atoms with Gasteiger partial charge in [0.1, 0.15) is 6.61 Å². The molecular formula is C41H72NO8P. The summed E-state index contributed by atoms with van der Waals surface area (Å²) in [7, 11) is -4.38. The first kappa shape index (κ1) is 48.7. The lowest BCUT2D eigenvalue weighted by atomic mass is 10.0. The molecule has 0 aliphatic rings. The number of allylic oxidation sites excluding steroid dienone is 10. The fourth-order valence-electron chi connectivity index (χ4n) is 5.02. The maximum atomic E-state index is 12.5. The van der Waals surface area contributed by atoms with Crippen LogP contribution in [0.5, 0.6) is 0 Å². The number of phosphoric acid groups is 1. The SMILES string of the molecule is CCC=CCC=CCC=CCC=CCC=CCCCC(=O)OC[C@H](COP(=O)(O)OCCN)OC(=O)CCCCCCCCCCCCCCC. The zero-order valence-electron chi connectivity index (χ0n) is 32.1. The van der Waals surface area contributed by atoms with Crippen LogP contribution in [0.4, 0.5) is 0 Å². The predicted molar refractivity (Wildman–Crippen MR) is 210 cm³/mol. The summed E-state index contributed by atoms with van der Waals surface area (Å²) in [5, 5.41) is 0. The van der Waals surface area contributed by atoms with Crippen molar-refractivity contribution in [1.82, 2.24) is 0 Å². The third kappa shape index (κ3) is 37.3. The molecular weight excluding hydrogens is 665 g/mol. The van der Waals surface area contributed by atoms with Gasteiger partial charge in [-0.2, -0.15) is 0 Å². The van der Waals surface area contributed by atoms with Gasteiger partial charge in [-0.1, -0.05) is 152 Å². The molecule has 10 heteroatoms. The Labute approximate surface area is 310 Å². The second-order valence-corrected chi connectivity index (χ2v) is 14.2. The lowest BCUT2D eigenvalue weighted by Gasteiger charge is -2.19. The van der Waals surface area contributed by atoms with Crippen molar-refractivity contribution in [1.29, 1.82) is 0 Å². The second-order valence-electron chi connectivity index (χ2n) is 12.8. The van der Waals surface area contributed by atoms with Gasteiger partial charge in [-0.15, -0.1) is 0 Å². The van der Waals surface area contributed by atoms with Crippen molar-refractivity contribution in [2.75, 3.05) is 26.4 Å². The van der Waals surface area contributed by atoms with Gasteiger partial charge in [0.05, 0.1) is 13.2 Å². The van der Waals surface area contributed by atoms with Crippen LogP contribution in [0.1, 0.15) is 155 Å². The molecule has 51 heavy (non-hydrogen) atoms. The van der Waals surface area contributed by atoms with Crippen molar-refractivity contribution >= 4 is 19.8 Å². The smallest absolute Gasteiger partial charge is 0.462 e. The van der Waals surface area contributed by atoms with Gasteiger partial charge < -0.3 is 20.1 Å². The highest BCUT2D eigenvalue weighted by Crippen LogP contribution is 2.43. The lowest BCUT2D eigenvalue weighted by Crippen LogP contribution is -2.29. The minimum atomic E-state index is -4.38. The Balaban J connectivity index is 4.31. The van der Waals surface area contributed by atoms with E-state index in [4.69, 9.17) is 24.3 Å². The highest BCUT2D eigenvalue weighted by atomic mass is 31.2. The standard InChI is InChI=1S/C41H72NO8P/c1-3-5-7-9-11-13-15-17-18-19-20-22-23-25-27-29-31-33-40(43)47-37-39(38-49-51(45,46)48-36-35-42)50-41(44)34-32-30-28-26-24-21-16-14-12-10-8-6-4-2/h5,7,11,13,17-18,20,22,25,27,39H,3-4,6,8-10,12,14-16,19,21,23-24,26,28-38,42H2,1-2H3,(H,45,46)/t39-/m1/s1. The number of carbonyl (C=O) groups is 2. The van der Waals surface area contributed by atoms with E-state index in [0.717, 1.165) is 57.8 Å². The zero-order valence-corrected chi connectivity index (χ0v) is 33.0. The van der Waals surface area contributed by atoms with Crippen molar-refractivity contribution < 1.29 is 37.6 Å². The second kappa shape index (κ2) is 37.5. The molecule has 0 bridgehead atoms. The Hall–Kier alpha value is -2.29. The van der Waals surface area contributed by atoms with E-state index in [0.29, 0.717) is 12.8 Å². The summed E-state index contributed by atoms with van der Waals surface area (Å²) in [5.41, 5.74) is 5.33. The topological polar surface area (TPSA) is 134 Å². The Morgan fingerprint density at radius 3 is 1.59 bits per heavy atom. The summed E-state index contributed by atoms with van der Waals surface area (Å²) >= 11 is 0. The molecule has 0 saturated carbocycles. The molecule has 0 aromatic heterocycles. The quantitative estimate of drug-likeness (QED) is 0.0279. The maximum Gasteiger partial charge on any atom is 0.472 e. The normalized spacial score (nSPS) is 14.0. The fraction of sp³-hybridized carbons (Fsp3) is 0.707. The summed E-state index contributed by atoms with van der Waals surface area (Å²) in [6.45, 7) is 3.53. The van der Waals surface area contributed by atoms with Gasteiger partial charge in [-0.3, -0.25) is 18.6 Å². The lowest BCUT2D eigenvalue weighted by molar-refractivity contribution is -0.161. The van der Waals surface area contributed by atoms with Crippen LogP contribution in [0.2, 0.25) is 0 Å². The van der Waals surface area contributed by atoms with Crippen LogP contribution < -0.4 is 5.73 Å². The van der Waals surface area contributed by atoms with Crippen LogP contribution in [0.3, 0.4) is 0 Å². The van der Waals surface area contributed by atoms with Crippen LogP contribution in [-0.2, 0) is 32.7 Å². The molecule has 294 valence electrons. The van der Waals surface area contributed by atoms with Gasteiger partial charge in [0.2, 0.25) is 0 Å². The highest BCUT2D eigenvalue weighted by Gasteiger charge is 2.25. The average Bonchev–Trinajstić information content (AvgIpc) is 3.11. The number of rotatable bonds is 36. The van der Waals surface area contributed by atoms with E-state index in [9.17, 15) is 19.0 Å². The van der Waals surface area contributed by atoms with E-state index in [1.165, 1.54) is 57.8 Å². The van der Waals surface area contributed by atoms with Crippen LogP contribution in [-0.4, -0.2) is 49.3 Å². The molecule has 0 radical (unpaired) electrons. The Morgan fingerprint density at radius 1 is 0.608 bits per heavy atom. The molecule has 3 N–H and O–H groups in total. The summed E-state index contributed by atoms with van der Waals surface area (Å²) in [4.78, 5) is 34.7. The van der Waals surface area contributed by atoms with Gasteiger partial charge in [0.25, 0.3) is 0 Å². The predicted octanol–water partition coefficient (Wildman–Crippen LogP) is 10.9. The molecule has 0 amide bonds. The Bertz CT molecular complexity index is 1020. The van der Waals surface area contributed by atoms with E-state index in [2.05, 4.69) is 68.5 Å². The van der Waals surface area contributed by atoms with E-state index in [1.807, 2.05) is 6.08 Å². The number of unbranched alkanes of at least 4 members (excludes halogenated alkanes) is 13. The number of carbonyl (C=O) groups excluding carboxylic acids is 2. The zero-order chi connectivity index (χ0) is 37.5. The fourth-order valence-corrected chi connectivity index (χ4v) is 5.79. The maximum absolute atomic E-state index is 12.5. The molecule has 0 saturated heterocycles. The third-order valence-electron chi connectivity index (χ3n) is 7.92. The first-order valence-electron chi connectivity index (χ1n) is 19.8. The van der Waals surface area contributed by atoms with Crippen LogP contribution >= 0.6 is 7.82 Å². The van der Waals surface area contributed by atoms with Crippen molar-refractivity contribution in [3.8, 4) is 0 Å². The Kier molecular flexibility index (Phi) is 35.8. The van der Waals surface area contributed by atoms with Gasteiger partial charge in [-0.05, 0) is 51.4 Å². The first-order chi connectivity index (χ1) is 24.8. The van der Waals surface area contributed by atoms with Crippen molar-refractivity contribution in [3.05, 3.63) is 60.8 Å². The molecule has 0 aliphatic carbocycles. The summed E-state index contributed by atoms with van der Waals surface area (Å²) in [5.74, 6) is -0.900. The molecule has 0 fully saturated rings. The number of phosphoric ester groups is 1. The van der Waals surface area contributed by atoms with E-state index in [-0.39, 0.29) is 32.6 Å². The molecule has 9 nitrogen and oxygen atoms in total.